The fourth-order valence-corrected chi connectivity index (χ4v) is 6.48. The molecular weight excluding hydrogens is 572 g/mol. The van der Waals surface area contributed by atoms with E-state index in [0.29, 0.717) is 39.2 Å². The Morgan fingerprint density at radius 1 is 1.12 bits per heavy atom. The molecule has 1 aliphatic heterocycles. The number of nitrogens with one attached hydrogen (secondary N) is 1. The first-order chi connectivity index (χ1) is 18.4. The number of rotatable bonds is 8. The molecule has 0 aromatic heterocycles. The number of carbonyl (C=O) groups excluding carboxylic acids is 3. The van der Waals surface area contributed by atoms with Crippen molar-refractivity contribution in [2.24, 2.45) is 16.3 Å². The van der Waals surface area contributed by atoms with Crippen LogP contribution in [0.5, 0.6) is 0 Å². The number of hydrogen-bond donors (Lipinski definition) is 1. The summed E-state index contributed by atoms with van der Waals surface area (Å²) in [5, 5.41) is 3.65. The average Bonchev–Trinajstić information content (AvgIpc) is 3.15. The second-order valence-electron chi connectivity index (χ2n) is 11.8. The van der Waals surface area contributed by atoms with Crippen LogP contribution < -0.4 is 34.9 Å². The molecule has 2 aromatic carbocycles. The maximum absolute atomic E-state index is 14.0. The molecule has 2 amide bonds. The minimum atomic E-state index is -0.599. The minimum Gasteiger partial charge on any atom is -0.870 e. The molecule has 2 N–H and O–H groups in total. The Hall–Kier alpha value is -1.74. The van der Waals surface area contributed by atoms with Crippen LogP contribution in [-0.2, 0) is 16.0 Å². The molecule has 0 saturated heterocycles. The van der Waals surface area contributed by atoms with Gasteiger partial charge in [-0.25, -0.2) is 0 Å². The van der Waals surface area contributed by atoms with Gasteiger partial charge in [0.25, 0.3) is 11.8 Å². The van der Waals surface area contributed by atoms with Crippen LogP contribution in [0.4, 0.5) is 0 Å². The maximum atomic E-state index is 14.0. The van der Waals surface area contributed by atoms with E-state index in [2.05, 4.69) is 33.0 Å². The molecule has 10 heteroatoms. The summed E-state index contributed by atoms with van der Waals surface area (Å²) in [5.41, 5.74) is 2.21. The van der Waals surface area contributed by atoms with Crippen molar-refractivity contribution in [3.63, 3.8) is 0 Å². The van der Waals surface area contributed by atoms with Crippen LogP contribution in [0.25, 0.3) is 0 Å². The number of hydrogen-bond acceptors (Lipinski definition) is 5. The molecule has 1 aliphatic carbocycles. The number of aliphatic imine (C=N–C) groups is 1. The molecule has 1 saturated carbocycles. The van der Waals surface area contributed by atoms with E-state index < -0.39 is 5.66 Å². The molecule has 1 atom stereocenters. The summed E-state index contributed by atoms with van der Waals surface area (Å²) in [4.78, 5) is 43.8. The standard InChI is InChI=1S/C31H36Cl2N3O3.Na.H2O/c1-20(16-21-6-8-22(9-7-21)28(38)34-14-5-15-37)36-29(39)27(23-17-25(32)19-26(33)18-23)35-31(36)12-10-24(11-13-31)30(2,3)4;;/h6-9,17-20,24H,5,10-14,16H2,1-4H3,(H,34,38);;1H2/q-1;+1;/p-1. The predicted molar refractivity (Wildman–Crippen MR) is 158 cm³/mol. The van der Waals surface area contributed by atoms with Gasteiger partial charge in [-0.1, -0.05) is 56.1 Å². The molecule has 2 aromatic rings. The Kier molecular flexibility index (Phi) is 12.6. The van der Waals surface area contributed by atoms with E-state index in [-0.39, 0.29) is 71.3 Å². The Morgan fingerprint density at radius 2 is 1.71 bits per heavy atom. The monoisotopic (exact) mass is 608 g/mol. The van der Waals surface area contributed by atoms with Crippen molar-refractivity contribution in [2.75, 3.05) is 6.54 Å². The molecule has 4 rings (SSSR count). The molecule has 0 radical (unpaired) electrons. The third kappa shape index (κ3) is 8.21. The van der Waals surface area contributed by atoms with E-state index in [1.54, 1.807) is 36.6 Å². The van der Waals surface area contributed by atoms with Crippen LogP contribution in [-0.4, -0.2) is 52.4 Å². The van der Waals surface area contributed by atoms with Gasteiger partial charge in [-0.3, -0.25) is 20.9 Å². The van der Waals surface area contributed by atoms with E-state index in [4.69, 9.17) is 28.2 Å². The molecule has 7 nitrogen and oxygen atoms in total. The van der Waals surface area contributed by atoms with Gasteiger partial charge in [-0.05, 0) is 92.8 Å². The van der Waals surface area contributed by atoms with Gasteiger partial charge in [0, 0.05) is 27.2 Å². The van der Waals surface area contributed by atoms with Crippen molar-refractivity contribution in [1.29, 1.82) is 0 Å². The maximum Gasteiger partial charge on any atom is 1.00 e. The van der Waals surface area contributed by atoms with Crippen LogP contribution in [0.1, 0.15) is 81.3 Å². The number of nitrogens with zero attached hydrogens (tertiary/aromatic N) is 2. The van der Waals surface area contributed by atoms with Crippen molar-refractivity contribution >= 4 is 47.0 Å². The van der Waals surface area contributed by atoms with Crippen LogP contribution in [0, 0.1) is 11.3 Å². The van der Waals surface area contributed by atoms with Crippen molar-refractivity contribution < 1.29 is 49.4 Å². The van der Waals surface area contributed by atoms with Gasteiger partial charge in [0.15, 0.2) is 0 Å². The van der Waals surface area contributed by atoms with Crippen molar-refractivity contribution in [1.82, 2.24) is 10.2 Å². The molecular formula is C31H37Cl2N3NaO4-. The predicted octanol–water partition coefficient (Wildman–Crippen LogP) is 3.25. The molecule has 1 unspecified atom stereocenters. The number of amides is 2. The third-order valence-electron chi connectivity index (χ3n) is 8.04. The normalized spacial score (nSPS) is 21.0. The van der Waals surface area contributed by atoms with E-state index in [9.17, 15) is 14.4 Å². The second-order valence-corrected chi connectivity index (χ2v) is 12.7. The van der Waals surface area contributed by atoms with Gasteiger partial charge < -0.3 is 20.5 Å². The summed E-state index contributed by atoms with van der Waals surface area (Å²) in [6.45, 7) is 9.17. The number of carbonyl (C=O) groups is 2. The number of halogens is 2. The summed E-state index contributed by atoms with van der Waals surface area (Å²) in [6, 6.07) is 12.4. The zero-order valence-corrected chi connectivity index (χ0v) is 28.0. The molecule has 0 bridgehead atoms. The summed E-state index contributed by atoms with van der Waals surface area (Å²) in [5.74, 6) is 0.240. The van der Waals surface area contributed by atoms with Crippen molar-refractivity contribution in [2.45, 2.75) is 77.9 Å². The Labute approximate surface area is 275 Å². The molecule has 1 fully saturated rings. The minimum absolute atomic E-state index is 0. The topological polar surface area (TPSA) is 109 Å². The Bertz CT molecular complexity index is 1250. The summed E-state index contributed by atoms with van der Waals surface area (Å²) in [6.07, 6.45) is 6.16. The zero-order chi connectivity index (χ0) is 28.4. The average molecular weight is 610 g/mol. The molecule has 2 aliphatic rings. The van der Waals surface area contributed by atoms with E-state index in [1.807, 2.05) is 17.0 Å². The van der Waals surface area contributed by atoms with Gasteiger partial charge in [-0.15, -0.1) is 6.42 Å². The fourth-order valence-electron chi connectivity index (χ4n) is 5.95. The summed E-state index contributed by atoms with van der Waals surface area (Å²) in [7, 11) is 0. The van der Waals surface area contributed by atoms with Gasteiger partial charge in [0.1, 0.15) is 11.4 Å². The Morgan fingerprint density at radius 3 is 2.24 bits per heavy atom. The van der Waals surface area contributed by atoms with Crippen LogP contribution in [0.2, 0.25) is 10.0 Å². The first kappa shape index (κ1) is 35.5. The summed E-state index contributed by atoms with van der Waals surface area (Å²) >= 11 is 12.6. The van der Waals surface area contributed by atoms with Crippen LogP contribution in [0.15, 0.2) is 47.5 Å². The Balaban J connectivity index is 0.00000294. The zero-order valence-electron chi connectivity index (χ0n) is 24.5. The smallest absolute Gasteiger partial charge is 0.870 e. The molecule has 41 heavy (non-hydrogen) atoms. The van der Waals surface area contributed by atoms with Gasteiger partial charge >= 0.3 is 29.6 Å². The van der Waals surface area contributed by atoms with Crippen molar-refractivity contribution in [3.05, 3.63) is 69.2 Å². The van der Waals surface area contributed by atoms with Gasteiger partial charge in [0.2, 0.25) is 0 Å². The van der Waals surface area contributed by atoms with Gasteiger partial charge in [0.05, 0.1) is 0 Å². The first-order valence-corrected chi connectivity index (χ1v) is 14.3. The largest absolute Gasteiger partial charge is 1.00 e. The van der Waals surface area contributed by atoms with Crippen LogP contribution >= 0.6 is 23.2 Å². The molecule has 216 valence electrons. The van der Waals surface area contributed by atoms with Crippen LogP contribution in [0.3, 0.4) is 0 Å². The van der Waals surface area contributed by atoms with E-state index >= 15 is 0 Å². The quantitative estimate of drug-likeness (QED) is 0.282. The molecule has 1 spiro atoms. The SMILES string of the molecule is CC(Cc1ccc(C(=O)NCC[C-]=O)cc1)N1C(=O)C(c2cc(Cl)cc(Cl)c2)=NC12CCC(C(C)(C)C)CC2.[Na+].[OH-]. The number of benzene rings is 2. The van der Waals surface area contributed by atoms with E-state index in [0.717, 1.165) is 31.2 Å². The fraction of sp³-hybridized carbons (Fsp3) is 0.484. The second kappa shape index (κ2) is 14.6. The molecule has 1 heterocycles. The first-order valence-electron chi connectivity index (χ1n) is 13.6. The van der Waals surface area contributed by atoms with Gasteiger partial charge in [-0.2, -0.15) is 0 Å². The summed E-state index contributed by atoms with van der Waals surface area (Å²) < 4.78 is 0. The van der Waals surface area contributed by atoms with Crippen molar-refractivity contribution in [3.8, 4) is 0 Å². The van der Waals surface area contributed by atoms with E-state index in [1.165, 1.54) is 0 Å². The third-order valence-corrected chi connectivity index (χ3v) is 8.47.